The highest BCUT2D eigenvalue weighted by Gasteiger charge is 2.43. The van der Waals surface area contributed by atoms with Crippen LogP contribution in [-0.2, 0) is 0 Å². The molecule has 1 aliphatic carbocycles. The van der Waals surface area contributed by atoms with Gasteiger partial charge in [-0.15, -0.1) is 0 Å². The number of anilines is 2. The Hall–Kier alpha value is -2.45. The van der Waals surface area contributed by atoms with Gasteiger partial charge >= 0.3 is 0 Å². The Morgan fingerprint density at radius 3 is 2.66 bits per heavy atom. The summed E-state index contributed by atoms with van der Waals surface area (Å²) in [5.74, 6) is 1.55. The predicted octanol–water partition coefficient (Wildman–Crippen LogP) is 6.23. The zero-order valence-corrected chi connectivity index (χ0v) is 17.7. The van der Waals surface area contributed by atoms with E-state index < -0.39 is 0 Å². The summed E-state index contributed by atoms with van der Waals surface area (Å²) in [5, 5.41) is 3.68. The van der Waals surface area contributed by atoms with Crippen molar-refractivity contribution >= 4 is 46.8 Å². The minimum atomic E-state index is -0.272. The van der Waals surface area contributed by atoms with E-state index in [1.807, 2.05) is 12.3 Å². The number of nitrogens with zero attached hydrogens (tertiary/aromatic N) is 3. The van der Waals surface area contributed by atoms with E-state index in [0.717, 1.165) is 33.5 Å². The number of pyridine rings is 2. The van der Waals surface area contributed by atoms with Crippen molar-refractivity contribution in [2.24, 2.45) is 0 Å². The predicted molar refractivity (Wildman–Crippen MR) is 121 cm³/mol. The molecule has 1 fully saturated rings. The van der Waals surface area contributed by atoms with Crippen LogP contribution in [0.15, 0.2) is 53.2 Å². The Balaban J connectivity index is 1.60. The molecular weight excluding hydrogens is 377 g/mol. The molecule has 0 bridgehead atoms. The topological polar surface area (TPSA) is 42.2 Å². The van der Waals surface area contributed by atoms with Crippen molar-refractivity contribution in [3.05, 3.63) is 54.4 Å². The molecule has 4 aromatic rings. The van der Waals surface area contributed by atoms with Gasteiger partial charge in [0.15, 0.2) is 5.58 Å². The van der Waals surface area contributed by atoms with Gasteiger partial charge in [-0.05, 0) is 70.1 Å². The van der Waals surface area contributed by atoms with Gasteiger partial charge in [0, 0.05) is 28.5 Å². The van der Waals surface area contributed by atoms with Crippen LogP contribution in [0.5, 0.6) is 0 Å². The third-order valence-corrected chi connectivity index (χ3v) is 9.85. The molecule has 5 heteroatoms. The van der Waals surface area contributed by atoms with Crippen molar-refractivity contribution in [1.82, 2.24) is 9.97 Å². The molecule has 0 N–H and O–H groups in total. The van der Waals surface area contributed by atoms with Gasteiger partial charge in [-0.3, -0.25) is 0 Å². The first-order valence-corrected chi connectivity index (χ1v) is 12.0. The van der Waals surface area contributed by atoms with E-state index in [1.54, 1.807) is 6.20 Å². The van der Waals surface area contributed by atoms with Crippen LogP contribution in [0.2, 0.25) is 0 Å². The molecule has 4 nitrogen and oxygen atoms in total. The molecule has 0 spiro atoms. The fourth-order valence-electron chi connectivity index (χ4n) is 5.31. The summed E-state index contributed by atoms with van der Waals surface area (Å²) in [4.78, 5) is 11.8. The molecule has 0 unspecified atom stereocenters. The Kier molecular flexibility index (Phi) is 3.92. The molecule has 2 atom stereocenters. The lowest BCUT2D eigenvalue weighted by Crippen LogP contribution is -2.25. The number of aromatic nitrogens is 2. The third kappa shape index (κ3) is 2.48. The summed E-state index contributed by atoms with van der Waals surface area (Å²) < 4.78 is 6.33. The lowest BCUT2D eigenvalue weighted by molar-refractivity contribution is 0.652. The summed E-state index contributed by atoms with van der Waals surface area (Å²) >= 11 is 0. The molecule has 1 saturated carbocycles. The summed E-state index contributed by atoms with van der Waals surface area (Å²) in [6, 6.07) is 12.9. The molecule has 3 aromatic heterocycles. The molecule has 0 radical (unpaired) electrons. The zero-order chi connectivity index (χ0) is 19.5. The zero-order valence-electron chi connectivity index (χ0n) is 16.8. The van der Waals surface area contributed by atoms with E-state index in [4.69, 9.17) is 9.40 Å². The second-order valence-corrected chi connectivity index (χ2v) is 11.0. The van der Waals surface area contributed by atoms with E-state index in [1.165, 1.54) is 36.6 Å². The number of furan rings is 1. The molecule has 2 aliphatic rings. The largest absolute Gasteiger partial charge is 0.435 e. The summed E-state index contributed by atoms with van der Waals surface area (Å²) in [6.07, 6.45) is 9.19. The molecule has 1 aliphatic heterocycles. The van der Waals surface area contributed by atoms with E-state index in [9.17, 15) is 0 Å². The van der Waals surface area contributed by atoms with Crippen molar-refractivity contribution < 1.29 is 4.42 Å². The quantitative estimate of drug-likeness (QED) is 0.373. The fraction of sp³-hybridized carbons (Fsp3) is 0.333. The van der Waals surface area contributed by atoms with Gasteiger partial charge in [0.1, 0.15) is 5.82 Å². The van der Waals surface area contributed by atoms with Gasteiger partial charge in [0.05, 0.1) is 11.5 Å². The number of hydrogen-bond acceptors (Lipinski definition) is 4. The average Bonchev–Trinajstić information content (AvgIpc) is 3.44. The van der Waals surface area contributed by atoms with Gasteiger partial charge in [-0.1, -0.05) is 25.0 Å². The summed E-state index contributed by atoms with van der Waals surface area (Å²) in [5.41, 5.74) is 4.84. The Bertz CT molecular complexity index is 1230. The molecule has 1 aromatic carbocycles. The highest BCUT2D eigenvalue weighted by atomic mass is 31.1. The lowest BCUT2D eigenvalue weighted by atomic mass is 10.1. The fourth-order valence-corrected chi connectivity index (χ4v) is 8.77. The smallest absolute Gasteiger partial charge is 0.227 e. The first kappa shape index (κ1) is 17.4. The Morgan fingerprint density at radius 1 is 1.00 bits per heavy atom. The number of benzene rings is 1. The van der Waals surface area contributed by atoms with Crippen LogP contribution in [0.25, 0.3) is 22.1 Å². The summed E-state index contributed by atoms with van der Waals surface area (Å²) in [7, 11) is -0.272. The molecule has 0 amide bonds. The number of rotatable bonds is 2. The second kappa shape index (κ2) is 6.53. The monoisotopic (exact) mass is 401 g/mol. The second-order valence-electron chi connectivity index (χ2n) is 8.26. The maximum Gasteiger partial charge on any atom is 0.227 e. The van der Waals surface area contributed by atoms with E-state index in [0.29, 0.717) is 11.5 Å². The van der Waals surface area contributed by atoms with Crippen molar-refractivity contribution in [3.8, 4) is 0 Å². The standard InChI is InChI=1S/C24H24N3OP/c1-15-11-12-18-19-9-5-14-26-24(19)28-22(18)21(15)27-16(2)29(17-7-3-4-8-17)20-10-6-13-25-23(20)27/h5-6,9-14,16-17H,3-4,7-8H2,1-2H3/t16-,29+/m1/s1. The first-order chi connectivity index (χ1) is 14.2. The van der Waals surface area contributed by atoms with Gasteiger partial charge in [0.2, 0.25) is 5.71 Å². The van der Waals surface area contributed by atoms with Crippen LogP contribution < -0.4 is 10.2 Å². The Labute approximate surface area is 171 Å². The first-order valence-electron chi connectivity index (χ1n) is 10.5. The van der Waals surface area contributed by atoms with Crippen LogP contribution in [0, 0.1) is 6.92 Å². The molecule has 0 saturated heterocycles. The minimum Gasteiger partial charge on any atom is -0.435 e. The highest BCUT2D eigenvalue weighted by Crippen LogP contribution is 2.60. The Morgan fingerprint density at radius 2 is 1.79 bits per heavy atom. The van der Waals surface area contributed by atoms with E-state index >= 15 is 0 Å². The highest BCUT2D eigenvalue weighted by molar-refractivity contribution is 7.68. The lowest BCUT2D eigenvalue weighted by Gasteiger charge is -2.30. The van der Waals surface area contributed by atoms with Crippen LogP contribution >= 0.6 is 7.92 Å². The third-order valence-electron chi connectivity index (χ3n) is 6.60. The van der Waals surface area contributed by atoms with Crippen LogP contribution in [-0.4, -0.2) is 21.4 Å². The SMILES string of the molecule is Cc1ccc2c(oc3ncccc32)c1N1c2ncccc2[P@](C2CCCC2)[C@@H]1C. The van der Waals surface area contributed by atoms with Crippen molar-refractivity contribution in [1.29, 1.82) is 0 Å². The number of fused-ring (bicyclic) bond motifs is 4. The van der Waals surface area contributed by atoms with Gasteiger partial charge in [-0.2, -0.15) is 0 Å². The van der Waals surface area contributed by atoms with Crippen molar-refractivity contribution in [2.45, 2.75) is 51.0 Å². The normalized spacial score (nSPS) is 22.1. The van der Waals surface area contributed by atoms with Gasteiger partial charge < -0.3 is 9.32 Å². The van der Waals surface area contributed by atoms with Gasteiger partial charge in [0.25, 0.3) is 0 Å². The number of aryl methyl sites for hydroxylation is 1. The van der Waals surface area contributed by atoms with E-state index in [-0.39, 0.29) is 7.92 Å². The molecule has 29 heavy (non-hydrogen) atoms. The van der Waals surface area contributed by atoms with Gasteiger partial charge in [-0.25, -0.2) is 9.97 Å². The molecule has 4 heterocycles. The van der Waals surface area contributed by atoms with Crippen LogP contribution in [0.4, 0.5) is 11.5 Å². The number of hydrogen-bond donors (Lipinski definition) is 0. The van der Waals surface area contributed by atoms with Crippen LogP contribution in [0.3, 0.4) is 0 Å². The maximum absolute atomic E-state index is 6.33. The van der Waals surface area contributed by atoms with Crippen molar-refractivity contribution in [2.75, 3.05) is 4.90 Å². The molecule has 146 valence electrons. The summed E-state index contributed by atoms with van der Waals surface area (Å²) in [6.45, 7) is 4.58. The molecule has 6 rings (SSSR count). The average molecular weight is 401 g/mol. The molecular formula is C24H24N3OP. The maximum atomic E-state index is 6.33. The van der Waals surface area contributed by atoms with Crippen molar-refractivity contribution in [3.63, 3.8) is 0 Å². The van der Waals surface area contributed by atoms with Crippen LogP contribution in [0.1, 0.15) is 38.2 Å². The minimum absolute atomic E-state index is 0.272. The van der Waals surface area contributed by atoms with E-state index in [2.05, 4.69) is 54.1 Å².